The van der Waals surface area contributed by atoms with Crippen LogP contribution in [0, 0.1) is 0 Å². The molecule has 0 atom stereocenters. The van der Waals surface area contributed by atoms with Crippen molar-refractivity contribution in [3.63, 3.8) is 0 Å². The molecular formula is C24H28N2O4. The van der Waals surface area contributed by atoms with E-state index in [1.807, 2.05) is 37.3 Å². The first kappa shape index (κ1) is 21.6. The summed E-state index contributed by atoms with van der Waals surface area (Å²) in [7, 11) is 1.59. The Morgan fingerprint density at radius 2 is 1.87 bits per heavy atom. The number of hydrogen-bond acceptors (Lipinski definition) is 5. The van der Waals surface area contributed by atoms with Crippen molar-refractivity contribution in [2.75, 3.05) is 12.4 Å². The van der Waals surface area contributed by atoms with Crippen LogP contribution in [0.25, 0.3) is 11.0 Å². The zero-order chi connectivity index (χ0) is 21.7. The van der Waals surface area contributed by atoms with E-state index in [9.17, 15) is 9.59 Å². The number of carbonyl (C=O) groups is 1. The minimum Gasteiger partial charge on any atom is -0.496 e. The minimum absolute atomic E-state index is 0.0272. The van der Waals surface area contributed by atoms with Crippen molar-refractivity contribution >= 4 is 22.6 Å². The molecule has 6 nitrogen and oxygen atoms in total. The van der Waals surface area contributed by atoms with Crippen LogP contribution in [-0.2, 0) is 13.0 Å². The van der Waals surface area contributed by atoms with Crippen LogP contribution in [0.4, 0.5) is 5.69 Å². The van der Waals surface area contributed by atoms with Gasteiger partial charge in [-0.05, 0) is 42.3 Å². The van der Waals surface area contributed by atoms with Gasteiger partial charge in [0.05, 0.1) is 7.11 Å². The average molecular weight is 408 g/mol. The molecule has 1 heterocycles. The Morgan fingerprint density at radius 3 is 2.50 bits per heavy atom. The molecule has 158 valence electrons. The van der Waals surface area contributed by atoms with Gasteiger partial charge >= 0.3 is 5.63 Å². The van der Waals surface area contributed by atoms with Crippen LogP contribution in [0.2, 0.25) is 0 Å². The second kappa shape index (κ2) is 9.59. The van der Waals surface area contributed by atoms with Crippen molar-refractivity contribution in [3.05, 3.63) is 69.6 Å². The molecule has 30 heavy (non-hydrogen) atoms. The van der Waals surface area contributed by atoms with Gasteiger partial charge in [0.15, 0.2) is 0 Å². The largest absolute Gasteiger partial charge is 0.496 e. The van der Waals surface area contributed by atoms with E-state index in [-0.39, 0.29) is 5.56 Å². The lowest BCUT2D eigenvalue weighted by atomic mass is 10.0. The summed E-state index contributed by atoms with van der Waals surface area (Å²) in [5.74, 6) is 0.184. The van der Waals surface area contributed by atoms with Crippen molar-refractivity contribution in [2.24, 2.45) is 0 Å². The average Bonchev–Trinajstić information content (AvgIpc) is 2.73. The number of carbonyl (C=O) groups excluding carboxylic acids is 1. The predicted molar refractivity (Wildman–Crippen MR) is 119 cm³/mol. The molecular weight excluding hydrogens is 380 g/mol. The van der Waals surface area contributed by atoms with Gasteiger partial charge in [-0.25, -0.2) is 4.79 Å². The molecule has 1 aromatic heterocycles. The van der Waals surface area contributed by atoms with E-state index in [0.717, 1.165) is 24.1 Å². The van der Waals surface area contributed by atoms with Gasteiger partial charge in [0.1, 0.15) is 16.9 Å². The molecule has 0 radical (unpaired) electrons. The Labute approximate surface area is 176 Å². The number of benzene rings is 2. The standard InChI is InChI=1S/C24H28N2O4/c1-5-6-19-21(29-4)12-9-17-13-20(24(28)30-22(17)19)23(27)26-18-10-7-16(8-11-18)14-25-15(2)3/h7-13,15,25H,5-6,14H2,1-4H3,(H,26,27). The normalized spacial score (nSPS) is 11.1. The van der Waals surface area contributed by atoms with Crippen molar-refractivity contribution in [3.8, 4) is 5.75 Å². The van der Waals surface area contributed by atoms with Gasteiger partial charge in [0.2, 0.25) is 0 Å². The van der Waals surface area contributed by atoms with Gasteiger partial charge in [-0.15, -0.1) is 0 Å². The van der Waals surface area contributed by atoms with E-state index in [0.29, 0.717) is 34.9 Å². The minimum atomic E-state index is -0.664. The Kier molecular flexibility index (Phi) is 6.90. The lowest BCUT2D eigenvalue weighted by Gasteiger charge is -2.11. The first-order valence-electron chi connectivity index (χ1n) is 10.2. The highest BCUT2D eigenvalue weighted by Gasteiger charge is 2.17. The highest BCUT2D eigenvalue weighted by molar-refractivity contribution is 6.05. The molecule has 0 aliphatic heterocycles. The highest BCUT2D eigenvalue weighted by atomic mass is 16.5. The number of ether oxygens (including phenoxy) is 1. The number of fused-ring (bicyclic) bond motifs is 1. The van der Waals surface area contributed by atoms with Crippen LogP contribution < -0.4 is 21.0 Å². The lowest BCUT2D eigenvalue weighted by Crippen LogP contribution is -2.22. The molecule has 0 bridgehead atoms. The SMILES string of the molecule is CCCc1c(OC)ccc2cc(C(=O)Nc3ccc(CNC(C)C)cc3)c(=O)oc12. The zero-order valence-corrected chi connectivity index (χ0v) is 17.9. The van der Waals surface area contributed by atoms with Gasteiger partial charge in [-0.2, -0.15) is 0 Å². The smallest absolute Gasteiger partial charge is 0.349 e. The number of anilines is 1. The third kappa shape index (κ3) is 4.89. The first-order chi connectivity index (χ1) is 14.4. The first-order valence-corrected chi connectivity index (χ1v) is 10.2. The summed E-state index contributed by atoms with van der Waals surface area (Å²) in [6.07, 6.45) is 1.59. The van der Waals surface area contributed by atoms with Crippen molar-refractivity contribution < 1.29 is 13.9 Å². The third-order valence-corrected chi connectivity index (χ3v) is 4.85. The molecule has 0 saturated heterocycles. The third-order valence-electron chi connectivity index (χ3n) is 4.85. The fourth-order valence-electron chi connectivity index (χ4n) is 3.29. The zero-order valence-electron chi connectivity index (χ0n) is 17.9. The van der Waals surface area contributed by atoms with Crippen LogP contribution in [0.1, 0.15) is 48.7 Å². The van der Waals surface area contributed by atoms with E-state index in [1.54, 1.807) is 19.2 Å². The second-order valence-corrected chi connectivity index (χ2v) is 7.55. The topological polar surface area (TPSA) is 80.6 Å². The van der Waals surface area contributed by atoms with Gasteiger partial charge < -0.3 is 19.8 Å². The molecule has 0 aliphatic carbocycles. The molecule has 3 aromatic rings. The second-order valence-electron chi connectivity index (χ2n) is 7.55. The molecule has 6 heteroatoms. The van der Waals surface area contributed by atoms with Crippen molar-refractivity contribution in [1.82, 2.24) is 5.32 Å². The summed E-state index contributed by atoms with van der Waals surface area (Å²) in [6.45, 7) is 6.97. The highest BCUT2D eigenvalue weighted by Crippen LogP contribution is 2.29. The summed E-state index contributed by atoms with van der Waals surface area (Å²) in [5, 5.41) is 6.81. The molecule has 3 rings (SSSR count). The number of nitrogens with one attached hydrogen (secondary N) is 2. The fourth-order valence-corrected chi connectivity index (χ4v) is 3.29. The van der Waals surface area contributed by atoms with Crippen LogP contribution in [0.5, 0.6) is 5.75 Å². The van der Waals surface area contributed by atoms with Crippen LogP contribution in [0.15, 0.2) is 51.7 Å². The van der Waals surface area contributed by atoms with E-state index in [2.05, 4.69) is 24.5 Å². The Morgan fingerprint density at radius 1 is 1.13 bits per heavy atom. The molecule has 2 aromatic carbocycles. The number of methoxy groups -OCH3 is 1. The summed E-state index contributed by atoms with van der Waals surface area (Å²) in [5.41, 5.74) is 2.36. The Hall–Kier alpha value is -3.12. The number of rotatable bonds is 8. The fraction of sp³-hybridized carbons (Fsp3) is 0.333. The molecule has 0 aliphatic rings. The number of aryl methyl sites for hydroxylation is 1. The maximum absolute atomic E-state index is 12.7. The molecule has 0 saturated carbocycles. The summed E-state index contributed by atoms with van der Waals surface area (Å²) < 4.78 is 10.9. The summed E-state index contributed by atoms with van der Waals surface area (Å²) in [4.78, 5) is 25.3. The van der Waals surface area contributed by atoms with Gasteiger partial charge in [0, 0.05) is 29.2 Å². The van der Waals surface area contributed by atoms with Crippen molar-refractivity contribution in [2.45, 2.75) is 46.2 Å². The lowest BCUT2D eigenvalue weighted by molar-refractivity contribution is 0.102. The quantitative estimate of drug-likeness (QED) is 0.536. The monoisotopic (exact) mass is 408 g/mol. The van der Waals surface area contributed by atoms with Gasteiger partial charge in [0.25, 0.3) is 5.91 Å². The Balaban J connectivity index is 1.85. The van der Waals surface area contributed by atoms with E-state index >= 15 is 0 Å². The molecule has 1 amide bonds. The molecule has 0 spiro atoms. The summed E-state index contributed by atoms with van der Waals surface area (Å²) >= 11 is 0. The van der Waals surface area contributed by atoms with E-state index < -0.39 is 11.5 Å². The van der Waals surface area contributed by atoms with Crippen LogP contribution in [0.3, 0.4) is 0 Å². The molecule has 2 N–H and O–H groups in total. The molecule has 0 unspecified atom stereocenters. The maximum atomic E-state index is 12.7. The van der Waals surface area contributed by atoms with Crippen LogP contribution in [-0.4, -0.2) is 19.1 Å². The van der Waals surface area contributed by atoms with Crippen molar-refractivity contribution in [1.29, 1.82) is 0 Å². The Bertz CT molecular complexity index is 1080. The maximum Gasteiger partial charge on any atom is 0.349 e. The predicted octanol–water partition coefficient (Wildman–Crippen LogP) is 4.50. The van der Waals surface area contributed by atoms with Gasteiger partial charge in [-0.3, -0.25) is 4.79 Å². The van der Waals surface area contributed by atoms with E-state index in [1.165, 1.54) is 0 Å². The number of hydrogen-bond donors (Lipinski definition) is 2. The van der Waals surface area contributed by atoms with Gasteiger partial charge in [-0.1, -0.05) is 39.3 Å². The molecule has 0 fully saturated rings. The van der Waals surface area contributed by atoms with Crippen LogP contribution >= 0.6 is 0 Å². The van der Waals surface area contributed by atoms with E-state index in [4.69, 9.17) is 9.15 Å². The summed E-state index contributed by atoms with van der Waals surface area (Å²) in [6, 6.07) is 13.1. The number of amides is 1.